The predicted molar refractivity (Wildman–Crippen MR) is 370 cm³/mol. The van der Waals surface area contributed by atoms with E-state index in [0.29, 0.717) is 41.4 Å². The van der Waals surface area contributed by atoms with Crippen LogP contribution in [0.25, 0.3) is 82.7 Å². The highest BCUT2D eigenvalue weighted by atomic mass is 32.1. The monoisotopic (exact) mass is 1250 g/mol. The van der Waals surface area contributed by atoms with Gasteiger partial charge in [-0.2, -0.15) is 27.0 Å². The SMILES string of the molecule is CC(C)(C)OC(=O)N1CCC[C@H]1c1ncc(-c2ccc3cc(-c4cnc5c(=O)cc(C6CCCN6C(=O)OCc6ccccc6)[nH]c5c4)ccc3c2)[nH]1.O=c1cc(C2CCCN2)[nH]c2cc(-c3ccc4cc(C5=CN=C([C@@H]6CCCN6)C5)ccc4c3)cnc12.S.S. The quantitative estimate of drug-likeness (QED) is 0.0868. The molecule has 10 aromatic rings. The minimum absolute atomic E-state index is 0. The summed E-state index contributed by atoms with van der Waals surface area (Å²) in [6.07, 6.45) is 15.5. The number of rotatable bonds is 10. The number of carbonyl (C=O) groups is 2. The Morgan fingerprint density at radius 3 is 1.71 bits per heavy atom. The predicted octanol–water partition coefficient (Wildman–Crippen LogP) is 14.0. The van der Waals surface area contributed by atoms with Gasteiger partial charge in [0.05, 0.1) is 35.0 Å². The number of imidazole rings is 1. The number of allylic oxidation sites excluding steroid dienone is 1. The maximum Gasteiger partial charge on any atom is 0.410 e. The average molecular weight is 1250 g/mol. The Kier molecular flexibility index (Phi) is 18.2. The zero-order valence-corrected chi connectivity index (χ0v) is 53.3. The van der Waals surface area contributed by atoms with Crippen LogP contribution in [0, 0.1) is 0 Å². The van der Waals surface area contributed by atoms with Crippen molar-refractivity contribution >= 4 is 94.1 Å². The molecule has 0 saturated carbocycles. The number of fused-ring (bicyclic) bond motifs is 4. The van der Waals surface area contributed by atoms with Gasteiger partial charge in [-0.1, -0.05) is 78.9 Å². The number of benzene rings is 5. The molecular weight excluding hydrogens is 1180 g/mol. The summed E-state index contributed by atoms with van der Waals surface area (Å²) in [5, 5.41) is 11.5. The molecule has 0 bridgehead atoms. The van der Waals surface area contributed by atoms with Crippen molar-refractivity contribution in [2.24, 2.45) is 4.99 Å². The van der Waals surface area contributed by atoms with E-state index in [2.05, 4.69) is 113 Å². The lowest BCUT2D eigenvalue weighted by Gasteiger charge is -2.27. The molecule has 5 aliphatic rings. The van der Waals surface area contributed by atoms with E-state index in [1.165, 1.54) is 40.5 Å². The second-order valence-electron chi connectivity index (χ2n) is 25.1. The van der Waals surface area contributed by atoms with Crippen LogP contribution in [0.2, 0.25) is 0 Å². The van der Waals surface area contributed by atoms with Crippen LogP contribution < -0.4 is 21.5 Å². The Morgan fingerprint density at radius 2 is 1.10 bits per heavy atom. The largest absolute Gasteiger partial charge is 0.445 e. The summed E-state index contributed by atoms with van der Waals surface area (Å²) in [4.78, 5) is 84.2. The highest BCUT2D eigenvalue weighted by Crippen LogP contribution is 2.37. The molecule has 466 valence electrons. The number of ether oxygens (including phenoxy) is 2. The molecule has 10 heterocycles. The topological polar surface area (TPSA) is 216 Å². The molecule has 4 atom stereocenters. The van der Waals surface area contributed by atoms with E-state index < -0.39 is 11.7 Å². The van der Waals surface area contributed by atoms with E-state index in [0.717, 1.165) is 125 Å². The molecule has 19 heteroatoms. The van der Waals surface area contributed by atoms with Crippen LogP contribution in [0.1, 0.15) is 125 Å². The molecule has 4 fully saturated rings. The third-order valence-corrected chi connectivity index (χ3v) is 17.9. The van der Waals surface area contributed by atoms with Crippen molar-refractivity contribution < 1.29 is 19.1 Å². The van der Waals surface area contributed by atoms with Crippen LogP contribution >= 0.6 is 27.0 Å². The first-order chi connectivity index (χ1) is 43.3. The standard InChI is InChI=1S/C42H42N6O5.C30H29N5O.2H2S/c1-42(2,3)53-41(51)48-18-8-12-36(48)39-44-24-34(46-39)30-16-15-27-19-29(14-13-28(27)20-30)31-21-33-38(43-23-31)37(49)22-32(45-33)35-11-7-17-47(35)40(50)52-25-26-9-5-4-6-10-26;36-29-15-27(25-4-2-10-32-25)35-28-14-23(17-34-30(28)29)21-8-6-18-11-20(7-5-19(18)12-21)22-13-26(33-16-22)24-3-1-9-31-24;;/h4-6,9-10,13-16,19-24,35-36H,7-8,11-12,17-18,25H2,1-3H3,(H,44,46)(H,45,49);5-8,11-12,14-17,24-25,31-32H,1-4,9-10,13H2,(H,35,36);2*1H2/t35?,36-;24-,25?;;/m00../s1. The molecule has 0 aliphatic carbocycles. The van der Waals surface area contributed by atoms with Crippen LogP contribution in [-0.2, 0) is 16.1 Å². The van der Waals surface area contributed by atoms with Crippen LogP contribution in [-0.4, -0.2) is 95.4 Å². The fourth-order valence-electron chi connectivity index (χ4n) is 13.3. The number of aromatic amines is 3. The summed E-state index contributed by atoms with van der Waals surface area (Å²) in [5.74, 6) is 0.757. The molecular formula is C72H75N11O6S2. The molecule has 2 unspecified atom stereocenters. The summed E-state index contributed by atoms with van der Waals surface area (Å²) >= 11 is 0. The molecule has 4 saturated heterocycles. The van der Waals surface area contributed by atoms with Crippen molar-refractivity contribution in [3.05, 3.63) is 201 Å². The molecule has 91 heavy (non-hydrogen) atoms. The fourth-order valence-corrected chi connectivity index (χ4v) is 13.3. The third-order valence-electron chi connectivity index (χ3n) is 17.9. The molecule has 5 N–H and O–H groups in total. The zero-order chi connectivity index (χ0) is 60.8. The second-order valence-corrected chi connectivity index (χ2v) is 25.1. The van der Waals surface area contributed by atoms with Crippen molar-refractivity contribution in [2.75, 3.05) is 26.2 Å². The van der Waals surface area contributed by atoms with Crippen molar-refractivity contribution in [3.8, 4) is 33.5 Å². The normalized spacial score (nSPS) is 18.8. The van der Waals surface area contributed by atoms with Gasteiger partial charge in [-0.3, -0.25) is 24.4 Å². The number of carbonyl (C=O) groups excluding carboxylic acids is 2. The number of H-pyrrole nitrogens is 3. The highest BCUT2D eigenvalue weighted by Gasteiger charge is 2.36. The Balaban J connectivity index is 0.000000184. The van der Waals surface area contributed by atoms with E-state index in [9.17, 15) is 19.2 Å². The molecule has 17 nitrogen and oxygen atoms in total. The number of aromatic nitrogens is 6. The minimum atomic E-state index is -0.559. The summed E-state index contributed by atoms with van der Waals surface area (Å²) in [6, 6.07) is 42.8. The first-order valence-electron chi connectivity index (χ1n) is 31.2. The second kappa shape index (κ2) is 26.5. The van der Waals surface area contributed by atoms with Gasteiger partial charge in [0.15, 0.2) is 0 Å². The number of amides is 2. The zero-order valence-electron chi connectivity index (χ0n) is 51.3. The Bertz CT molecular complexity index is 4560. The molecule has 5 aliphatic heterocycles. The minimum Gasteiger partial charge on any atom is -0.445 e. The first kappa shape index (κ1) is 62.3. The van der Waals surface area contributed by atoms with Crippen LogP contribution in [0.3, 0.4) is 0 Å². The maximum absolute atomic E-state index is 13.2. The number of nitrogens with one attached hydrogen (secondary N) is 5. The van der Waals surface area contributed by atoms with Gasteiger partial charge in [0.2, 0.25) is 10.9 Å². The van der Waals surface area contributed by atoms with Crippen LogP contribution in [0.15, 0.2) is 167 Å². The molecule has 0 radical (unpaired) electrons. The van der Waals surface area contributed by atoms with E-state index in [1.54, 1.807) is 34.3 Å². The molecule has 2 amide bonds. The van der Waals surface area contributed by atoms with E-state index in [4.69, 9.17) is 14.5 Å². The number of hydrogen-bond donors (Lipinski definition) is 5. The molecule has 5 aromatic heterocycles. The lowest BCUT2D eigenvalue weighted by Crippen LogP contribution is -2.36. The third kappa shape index (κ3) is 13.3. The van der Waals surface area contributed by atoms with Gasteiger partial charge in [-0.05, 0) is 171 Å². The molecule has 5 aromatic carbocycles. The average Bonchev–Trinajstić information content (AvgIpc) is 1.58. The summed E-state index contributed by atoms with van der Waals surface area (Å²) in [5.41, 5.74) is 13.6. The van der Waals surface area contributed by atoms with Crippen molar-refractivity contribution in [1.29, 1.82) is 0 Å². The number of likely N-dealkylation sites (tertiary alicyclic amines) is 2. The number of aliphatic imine (C=N–C) groups is 1. The lowest BCUT2D eigenvalue weighted by atomic mass is 9.95. The van der Waals surface area contributed by atoms with Gasteiger partial charge in [-0.25, -0.2) is 24.5 Å². The maximum atomic E-state index is 13.2. The van der Waals surface area contributed by atoms with Gasteiger partial charge in [0, 0.05) is 96.1 Å². The summed E-state index contributed by atoms with van der Waals surface area (Å²) in [6.45, 7) is 9.11. The smallest absolute Gasteiger partial charge is 0.410 e. The number of hydrogen-bond acceptors (Lipinski definition) is 12. The van der Waals surface area contributed by atoms with Crippen molar-refractivity contribution in [3.63, 3.8) is 0 Å². The summed E-state index contributed by atoms with van der Waals surface area (Å²) < 4.78 is 11.3. The highest BCUT2D eigenvalue weighted by molar-refractivity contribution is 7.59. The number of nitrogens with zero attached hydrogens (tertiary/aromatic N) is 6. The van der Waals surface area contributed by atoms with Gasteiger partial charge >= 0.3 is 12.2 Å². The van der Waals surface area contributed by atoms with Gasteiger partial charge in [0.25, 0.3) is 0 Å². The van der Waals surface area contributed by atoms with E-state index in [-0.39, 0.29) is 68.7 Å². The van der Waals surface area contributed by atoms with E-state index in [1.807, 2.05) is 75.6 Å². The van der Waals surface area contributed by atoms with Crippen LogP contribution in [0.5, 0.6) is 0 Å². The Morgan fingerprint density at radius 1 is 0.549 bits per heavy atom. The van der Waals surface area contributed by atoms with Gasteiger partial charge in [-0.15, -0.1) is 0 Å². The number of pyridine rings is 4. The summed E-state index contributed by atoms with van der Waals surface area (Å²) in [7, 11) is 0. The molecule has 15 rings (SSSR count). The van der Waals surface area contributed by atoms with Crippen LogP contribution in [0.4, 0.5) is 9.59 Å². The van der Waals surface area contributed by atoms with Gasteiger partial charge in [0.1, 0.15) is 29.1 Å². The van der Waals surface area contributed by atoms with E-state index >= 15 is 0 Å². The Labute approximate surface area is 541 Å². The Hall–Kier alpha value is -8.88. The molecule has 0 spiro atoms. The first-order valence-corrected chi connectivity index (χ1v) is 31.2. The van der Waals surface area contributed by atoms with Crippen molar-refractivity contribution in [2.45, 2.75) is 115 Å². The lowest BCUT2D eigenvalue weighted by molar-refractivity contribution is 0.0218. The fraction of sp³-hybridized carbons (Fsp3) is 0.306. The van der Waals surface area contributed by atoms with Gasteiger partial charge < -0.3 is 35.1 Å². The van der Waals surface area contributed by atoms with Crippen molar-refractivity contribution in [1.82, 2.24) is 50.3 Å².